The molecule has 2 nitrogen and oxygen atoms in total. The van der Waals surface area contributed by atoms with Gasteiger partial charge in [-0.3, -0.25) is 4.79 Å². The minimum Gasteiger partial charge on any atom is -0.336 e. The van der Waals surface area contributed by atoms with E-state index in [9.17, 15) is 4.79 Å². The third-order valence-electron chi connectivity index (χ3n) is 4.40. The third-order valence-corrected chi connectivity index (χ3v) is 4.40. The Bertz CT molecular complexity index is 487. The molecule has 1 saturated heterocycles. The summed E-state index contributed by atoms with van der Waals surface area (Å²) in [7, 11) is 0. The van der Waals surface area contributed by atoms with Crippen LogP contribution in [0.5, 0.6) is 0 Å². The first kappa shape index (κ1) is 15.8. The number of piperidine rings is 1. The summed E-state index contributed by atoms with van der Waals surface area (Å²) in [4.78, 5) is 14.4. The van der Waals surface area contributed by atoms with Gasteiger partial charge in [-0.1, -0.05) is 45.0 Å². The van der Waals surface area contributed by atoms with Crippen LogP contribution < -0.4 is 0 Å². The van der Waals surface area contributed by atoms with Crippen molar-refractivity contribution in [3.05, 3.63) is 41.5 Å². The van der Waals surface area contributed by atoms with E-state index in [1.54, 1.807) is 6.08 Å². The van der Waals surface area contributed by atoms with E-state index in [1.807, 2.05) is 11.0 Å². The van der Waals surface area contributed by atoms with Gasteiger partial charge in [-0.25, -0.2) is 0 Å². The Hall–Kier alpha value is -1.57. The Labute approximate surface area is 128 Å². The molecule has 0 aromatic heterocycles. The molecule has 1 fully saturated rings. The number of hydrogen-bond donors (Lipinski definition) is 0. The first-order chi connectivity index (χ1) is 10.1. The van der Waals surface area contributed by atoms with Crippen molar-refractivity contribution >= 4 is 12.0 Å². The second kappa shape index (κ2) is 7.44. The molecule has 0 spiro atoms. The lowest BCUT2D eigenvalue weighted by molar-refractivity contribution is -0.129. The summed E-state index contributed by atoms with van der Waals surface area (Å²) in [6.07, 6.45) is 8.27. The Kier molecular flexibility index (Phi) is 5.60. The highest BCUT2D eigenvalue weighted by molar-refractivity contribution is 5.92. The van der Waals surface area contributed by atoms with E-state index in [0.29, 0.717) is 12.0 Å². The fourth-order valence-electron chi connectivity index (χ4n) is 2.97. The van der Waals surface area contributed by atoms with E-state index in [0.717, 1.165) is 31.4 Å². The zero-order chi connectivity index (χ0) is 15.2. The molecule has 1 aliphatic rings. The monoisotopic (exact) mass is 285 g/mol. The fraction of sp³-hybridized carbons (Fsp3) is 0.526. The number of hydrogen-bond acceptors (Lipinski definition) is 1. The van der Waals surface area contributed by atoms with Crippen LogP contribution in [0.4, 0.5) is 0 Å². The molecule has 21 heavy (non-hydrogen) atoms. The van der Waals surface area contributed by atoms with Crippen LogP contribution in [0.1, 0.15) is 63.5 Å². The van der Waals surface area contributed by atoms with Crippen molar-refractivity contribution in [2.75, 3.05) is 6.54 Å². The molecule has 1 aliphatic heterocycles. The third kappa shape index (κ3) is 4.20. The molecule has 0 aliphatic carbocycles. The van der Waals surface area contributed by atoms with Crippen molar-refractivity contribution in [3.8, 4) is 0 Å². The van der Waals surface area contributed by atoms with Crippen molar-refractivity contribution in [1.82, 2.24) is 4.90 Å². The topological polar surface area (TPSA) is 20.3 Å². The lowest BCUT2D eigenvalue weighted by Gasteiger charge is -2.34. The molecule has 1 heterocycles. The van der Waals surface area contributed by atoms with E-state index < -0.39 is 0 Å². The first-order valence-electron chi connectivity index (χ1n) is 8.20. The van der Waals surface area contributed by atoms with Crippen LogP contribution >= 0.6 is 0 Å². The van der Waals surface area contributed by atoms with Gasteiger partial charge in [0.25, 0.3) is 0 Å². The van der Waals surface area contributed by atoms with Crippen molar-refractivity contribution in [2.45, 2.75) is 58.4 Å². The number of carbonyl (C=O) groups excluding carboxylic acids is 1. The summed E-state index contributed by atoms with van der Waals surface area (Å²) in [6, 6.07) is 8.90. The minimum atomic E-state index is 0.162. The maximum absolute atomic E-state index is 12.4. The van der Waals surface area contributed by atoms with Crippen LogP contribution in [0.2, 0.25) is 0 Å². The first-order valence-corrected chi connectivity index (χ1v) is 8.20. The second-order valence-electron chi connectivity index (χ2n) is 6.24. The lowest BCUT2D eigenvalue weighted by Crippen LogP contribution is -2.42. The van der Waals surface area contributed by atoms with Crippen LogP contribution in [0.3, 0.4) is 0 Å². The number of likely N-dealkylation sites (tertiary alicyclic amines) is 1. The molecule has 1 amide bonds. The Morgan fingerprint density at radius 2 is 2.00 bits per heavy atom. The van der Waals surface area contributed by atoms with Crippen molar-refractivity contribution in [2.24, 2.45) is 0 Å². The zero-order valence-corrected chi connectivity index (χ0v) is 13.5. The van der Waals surface area contributed by atoms with Gasteiger partial charge >= 0.3 is 0 Å². The van der Waals surface area contributed by atoms with Crippen LogP contribution in [0.25, 0.3) is 6.08 Å². The van der Waals surface area contributed by atoms with Gasteiger partial charge in [-0.2, -0.15) is 0 Å². The second-order valence-corrected chi connectivity index (χ2v) is 6.24. The molecule has 1 atom stereocenters. The van der Waals surface area contributed by atoms with Gasteiger partial charge in [-0.15, -0.1) is 0 Å². The normalized spacial score (nSPS) is 19.4. The molecule has 2 heteroatoms. The predicted molar refractivity (Wildman–Crippen MR) is 89.2 cm³/mol. The van der Waals surface area contributed by atoms with Crippen molar-refractivity contribution < 1.29 is 4.79 Å². The molecule has 1 aromatic carbocycles. The van der Waals surface area contributed by atoms with Crippen LogP contribution in [0.15, 0.2) is 30.3 Å². The average molecular weight is 285 g/mol. The fourth-order valence-corrected chi connectivity index (χ4v) is 2.97. The quantitative estimate of drug-likeness (QED) is 0.739. The average Bonchev–Trinajstić information content (AvgIpc) is 2.52. The Morgan fingerprint density at radius 1 is 1.29 bits per heavy atom. The molecule has 2 rings (SSSR count). The van der Waals surface area contributed by atoms with Gasteiger partial charge in [0.05, 0.1) is 0 Å². The molecule has 1 unspecified atom stereocenters. The van der Waals surface area contributed by atoms with E-state index in [4.69, 9.17) is 0 Å². The molecule has 0 saturated carbocycles. The smallest absolute Gasteiger partial charge is 0.246 e. The molecular formula is C19H27NO. The van der Waals surface area contributed by atoms with Crippen molar-refractivity contribution in [3.63, 3.8) is 0 Å². The Morgan fingerprint density at radius 3 is 2.62 bits per heavy atom. The SMILES string of the molecule is CCC1CCCCN1C(=O)C=Cc1ccc(C(C)C)cc1. The van der Waals surface area contributed by atoms with Gasteiger partial charge in [-0.05, 0) is 48.8 Å². The van der Waals surface area contributed by atoms with E-state index in [-0.39, 0.29) is 5.91 Å². The summed E-state index contributed by atoms with van der Waals surface area (Å²) >= 11 is 0. The standard InChI is InChI=1S/C19H27NO/c1-4-18-7-5-6-14-20(18)19(21)13-10-16-8-11-17(12-9-16)15(2)3/h8-13,15,18H,4-7,14H2,1-3H3. The van der Waals surface area contributed by atoms with E-state index in [1.165, 1.54) is 12.0 Å². The maximum Gasteiger partial charge on any atom is 0.246 e. The maximum atomic E-state index is 12.4. The molecular weight excluding hydrogens is 258 g/mol. The predicted octanol–water partition coefficient (Wildman–Crippen LogP) is 4.61. The largest absolute Gasteiger partial charge is 0.336 e. The van der Waals surface area contributed by atoms with Crippen LogP contribution in [-0.4, -0.2) is 23.4 Å². The summed E-state index contributed by atoms with van der Waals surface area (Å²) in [5.74, 6) is 0.706. The number of nitrogens with zero attached hydrogens (tertiary/aromatic N) is 1. The molecule has 0 N–H and O–H groups in total. The molecule has 0 bridgehead atoms. The summed E-state index contributed by atoms with van der Waals surface area (Å²) in [5.41, 5.74) is 2.43. The highest BCUT2D eigenvalue weighted by atomic mass is 16.2. The van der Waals surface area contributed by atoms with Crippen LogP contribution in [-0.2, 0) is 4.79 Å². The lowest BCUT2D eigenvalue weighted by atomic mass is 9.99. The van der Waals surface area contributed by atoms with Gasteiger partial charge < -0.3 is 4.90 Å². The van der Waals surface area contributed by atoms with Crippen molar-refractivity contribution in [1.29, 1.82) is 0 Å². The van der Waals surface area contributed by atoms with Gasteiger partial charge in [0.2, 0.25) is 5.91 Å². The summed E-state index contributed by atoms with van der Waals surface area (Å²) < 4.78 is 0. The zero-order valence-electron chi connectivity index (χ0n) is 13.5. The Balaban J connectivity index is 2.00. The van der Waals surface area contributed by atoms with Crippen LogP contribution in [0, 0.1) is 0 Å². The highest BCUT2D eigenvalue weighted by Gasteiger charge is 2.23. The van der Waals surface area contributed by atoms with Gasteiger partial charge in [0.1, 0.15) is 0 Å². The van der Waals surface area contributed by atoms with E-state index >= 15 is 0 Å². The molecule has 114 valence electrons. The van der Waals surface area contributed by atoms with Gasteiger partial charge in [0.15, 0.2) is 0 Å². The van der Waals surface area contributed by atoms with E-state index in [2.05, 4.69) is 45.0 Å². The summed E-state index contributed by atoms with van der Waals surface area (Å²) in [6.45, 7) is 7.46. The summed E-state index contributed by atoms with van der Waals surface area (Å²) in [5, 5.41) is 0. The molecule has 0 radical (unpaired) electrons. The number of benzene rings is 1. The number of amides is 1. The minimum absolute atomic E-state index is 0.162. The van der Waals surface area contributed by atoms with Gasteiger partial charge in [0, 0.05) is 18.7 Å². The number of rotatable bonds is 4. The number of carbonyl (C=O) groups is 1. The molecule has 1 aromatic rings. The highest BCUT2D eigenvalue weighted by Crippen LogP contribution is 2.20.